The van der Waals surface area contributed by atoms with Crippen molar-refractivity contribution in [3.63, 3.8) is 0 Å². The summed E-state index contributed by atoms with van der Waals surface area (Å²) >= 11 is 0. The summed E-state index contributed by atoms with van der Waals surface area (Å²) in [5.41, 5.74) is -0.677. The molecule has 19 heavy (non-hydrogen) atoms. The van der Waals surface area contributed by atoms with E-state index in [1.54, 1.807) is 0 Å². The maximum Gasteiger partial charge on any atom is 0.416 e. The van der Waals surface area contributed by atoms with Gasteiger partial charge in [-0.2, -0.15) is 13.2 Å². The van der Waals surface area contributed by atoms with Crippen molar-refractivity contribution in [1.29, 1.82) is 0 Å². The Morgan fingerprint density at radius 3 is 2.74 bits per heavy atom. The zero-order valence-electron chi connectivity index (χ0n) is 10.1. The third kappa shape index (κ3) is 2.34. The number of ether oxygens (including phenoxy) is 1. The van der Waals surface area contributed by atoms with Crippen LogP contribution in [0, 0.1) is 5.82 Å². The highest BCUT2D eigenvalue weighted by Gasteiger charge is 2.40. The van der Waals surface area contributed by atoms with Gasteiger partial charge >= 0.3 is 6.18 Å². The van der Waals surface area contributed by atoms with Crippen LogP contribution in [0.3, 0.4) is 0 Å². The fourth-order valence-electron chi connectivity index (χ4n) is 2.90. The predicted molar refractivity (Wildman–Crippen MR) is 59.8 cm³/mol. The second-order valence-electron chi connectivity index (χ2n) is 5.01. The molecule has 2 aliphatic rings. The summed E-state index contributed by atoms with van der Waals surface area (Å²) < 4.78 is 57.0. The van der Waals surface area contributed by atoms with Gasteiger partial charge in [-0.3, -0.25) is 4.90 Å². The number of hydrogen-bond donors (Lipinski definition) is 0. The monoisotopic (exact) mass is 275 g/mol. The van der Waals surface area contributed by atoms with Crippen LogP contribution in [0.2, 0.25) is 0 Å². The third-order valence-corrected chi connectivity index (χ3v) is 3.76. The Morgan fingerprint density at radius 2 is 2.00 bits per heavy atom. The van der Waals surface area contributed by atoms with E-state index in [9.17, 15) is 17.6 Å². The Hall–Kier alpha value is -1.14. The molecule has 0 bridgehead atoms. The summed E-state index contributed by atoms with van der Waals surface area (Å²) in [6.07, 6.45) is -3.11. The van der Waals surface area contributed by atoms with Crippen molar-refractivity contribution in [3.05, 3.63) is 35.1 Å². The SMILES string of the molecule is Fc1cc([C@H]2OCN3CCCC23)cc(C(F)(F)F)c1. The summed E-state index contributed by atoms with van der Waals surface area (Å²) in [7, 11) is 0. The molecule has 0 N–H and O–H groups in total. The van der Waals surface area contributed by atoms with Gasteiger partial charge in [0.1, 0.15) is 12.5 Å². The van der Waals surface area contributed by atoms with Crippen LogP contribution >= 0.6 is 0 Å². The number of alkyl halides is 3. The van der Waals surface area contributed by atoms with Gasteiger partial charge in [-0.05, 0) is 36.6 Å². The van der Waals surface area contributed by atoms with E-state index >= 15 is 0 Å². The zero-order valence-corrected chi connectivity index (χ0v) is 10.1. The molecule has 2 nitrogen and oxygen atoms in total. The molecular weight excluding hydrogens is 262 g/mol. The number of nitrogens with zero attached hydrogens (tertiary/aromatic N) is 1. The predicted octanol–water partition coefficient (Wildman–Crippen LogP) is 3.34. The molecule has 0 amide bonds. The van der Waals surface area contributed by atoms with Gasteiger partial charge in [-0.1, -0.05) is 0 Å². The Morgan fingerprint density at radius 1 is 1.21 bits per heavy atom. The van der Waals surface area contributed by atoms with Gasteiger partial charge in [0.15, 0.2) is 0 Å². The molecule has 104 valence electrons. The van der Waals surface area contributed by atoms with Crippen molar-refractivity contribution in [2.45, 2.75) is 31.2 Å². The molecule has 2 aliphatic heterocycles. The quantitative estimate of drug-likeness (QED) is 0.729. The number of halogens is 4. The minimum atomic E-state index is -4.54. The Kier molecular flexibility index (Phi) is 3.02. The van der Waals surface area contributed by atoms with Crippen molar-refractivity contribution >= 4 is 0 Å². The van der Waals surface area contributed by atoms with Crippen LogP contribution in [0.4, 0.5) is 17.6 Å². The van der Waals surface area contributed by atoms with E-state index in [0.29, 0.717) is 12.8 Å². The van der Waals surface area contributed by atoms with Crippen LogP contribution in [-0.4, -0.2) is 24.2 Å². The molecule has 1 aromatic rings. The lowest BCUT2D eigenvalue weighted by Crippen LogP contribution is -2.25. The fraction of sp³-hybridized carbons (Fsp3) is 0.538. The molecule has 1 unspecified atom stereocenters. The van der Waals surface area contributed by atoms with Crippen molar-refractivity contribution < 1.29 is 22.3 Å². The maximum atomic E-state index is 13.4. The Bertz CT molecular complexity index is 488. The topological polar surface area (TPSA) is 12.5 Å². The molecule has 0 aliphatic carbocycles. The minimum absolute atomic E-state index is 0.0721. The molecule has 0 saturated carbocycles. The molecule has 0 radical (unpaired) electrons. The van der Waals surface area contributed by atoms with Crippen molar-refractivity contribution in [2.24, 2.45) is 0 Å². The molecule has 1 aromatic carbocycles. The molecule has 2 heterocycles. The Balaban J connectivity index is 1.94. The third-order valence-electron chi connectivity index (χ3n) is 3.76. The van der Waals surface area contributed by atoms with Crippen molar-refractivity contribution in [3.8, 4) is 0 Å². The first-order chi connectivity index (χ1) is 8.95. The maximum absolute atomic E-state index is 13.4. The summed E-state index contributed by atoms with van der Waals surface area (Å²) in [6, 6.07) is 2.73. The first kappa shape index (κ1) is 12.9. The summed E-state index contributed by atoms with van der Waals surface area (Å²) in [4.78, 5) is 2.09. The van der Waals surface area contributed by atoms with Crippen LogP contribution < -0.4 is 0 Å². The molecule has 0 spiro atoms. The highest BCUT2D eigenvalue weighted by Crippen LogP contribution is 2.39. The van der Waals surface area contributed by atoms with Crippen LogP contribution in [0.15, 0.2) is 18.2 Å². The van der Waals surface area contributed by atoms with Gasteiger partial charge in [-0.25, -0.2) is 4.39 Å². The molecule has 2 fully saturated rings. The fourth-order valence-corrected chi connectivity index (χ4v) is 2.90. The average molecular weight is 275 g/mol. The first-order valence-corrected chi connectivity index (χ1v) is 6.18. The lowest BCUT2D eigenvalue weighted by Gasteiger charge is -2.19. The zero-order chi connectivity index (χ0) is 13.6. The van der Waals surface area contributed by atoms with E-state index in [-0.39, 0.29) is 11.6 Å². The van der Waals surface area contributed by atoms with Gasteiger partial charge in [0.05, 0.1) is 11.7 Å². The smallest absolute Gasteiger partial charge is 0.357 e. The second kappa shape index (κ2) is 4.45. The van der Waals surface area contributed by atoms with E-state index in [1.165, 1.54) is 0 Å². The summed E-state index contributed by atoms with van der Waals surface area (Å²) in [5, 5.41) is 0. The summed E-state index contributed by atoms with van der Waals surface area (Å²) in [5.74, 6) is -0.870. The highest BCUT2D eigenvalue weighted by atomic mass is 19.4. The molecule has 6 heteroatoms. The van der Waals surface area contributed by atoms with E-state index < -0.39 is 23.7 Å². The van der Waals surface area contributed by atoms with E-state index in [2.05, 4.69) is 4.90 Å². The van der Waals surface area contributed by atoms with Crippen molar-refractivity contribution in [1.82, 2.24) is 4.90 Å². The second-order valence-corrected chi connectivity index (χ2v) is 5.01. The van der Waals surface area contributed by atoms with Gasteiger partial charge in [-0.15, -0.1) is 0 Å². The van der Waals surface area contributed by atoms with E-state index in [1.807, 2.05) is 0 Å². The molecule has 0 aromatic heterocycles. The van der Waals surface area contributed by atoms with Crippen LogP contribution in [0.5, 0.6) is 0 Å². The average Bonchev–Trinajstić information content (AvgIpc) is 2.87. The number of rotatable bonds is 1. The van der Waals surface area contributed by atoms with Crippen LogP contribution in [0.25, 0.3) is 0 Å². The van der Waals surface area contributed by atoms with Gasteiger partial charge in [0.2, 0.25) is 0 Å². The number of benzene rings is 1. The normalized spacial score (nSPS) is 27.8. The van der Waals surface area contributed by atoms with Gasteiger partial charge < -0.3 is 4.74 Å². The standard InChI is InChI=1S/C13H13F4NO/c14-10-5-8(4-9(6-10)13(15,16)17)12-11-2-1-3-18(11)7-19-12/h4-6,11-12H,1-3,7H2/t11?,12-/m1/s1. The molecule has 3 rings (SSSR count). The van der Waals surface area contributed by atoms with Gasteiger partial charge in [0.25, 0.3) is 0 Å². The largest absolute Gasteiger partial charge is 0.416 e. The van der Waals surface area contributed by atoms with Crippen molar-refractivity contribution in [2.75, 3.05) is 13.3 Å². The van der Waals surface area contributed by atoms with E-state index in [0.717, 1.165) is 31.5 Å². The highest BCUT2D eigenvalue weighted by molar-refractivity contribution is 5.30. The lowest BCUT2D eigenvalue weighted by atomic mass is 9.99. The molecular formula is C13H13F4NO. The molecule has 2 atom stereocenters. The molecule has 2 saturated heterocycles. The van der Waals surface area contributed by atoms with Crippen LogP contribution in [0.1, 0.15) is 30.1 Å². The number of hydrogen-bond acceptors (Lipinski definition) is 2. The minimum Gasteiger partial charge on any atom is -0.357 e. The first-order valence-electron chi connectivity index (χ1n) is 6.18. The number of fused-ring (bicyclic) bond motifs is 1. The van der Waals surface area contributed by atoms with Crippen LogP contribution in [-0.2, 0) is 10.9 Å². The van der Waals surface area contributed by atoms with Gasteiger partial charge in [0, 0.05) is 12.6 Å². The summed E-state index contributed by atoms with van der Waals surface area (Å²) in [6.45, 7) is 1.30. The lowest BCUT2D eigenvalue weighted by molar-refractivity contribution is -0.137. The van der Waals surface area contributed by atoms with E-state index in [4.69, 9.17) is 4.74 Å². The Labute approximate surface area is 108 Å².